The number of hydrogen-bond donors (Lipinski definition) is 1. The molecule has 0 spiro atoms. The van der Waals surface area contributed by atoms with E-state index in [1.54, 1.807) is 6.07 Å². The largest absolute Gasteiger partial charge is 0.330 e. The highest BCUT2D eigenvalue weighted by atomic mass is 79.9. The van der Waals surface area contributed by atoms with E-state index in [9.17, 15) is 10.1 Å². The fourth-order valence-electron chi connectivity index (χ4n) is 1.65. The first-order valence-electron chi connectivity index (χ1n) is 5.55. The summed E-state index contributed by atoms with van der Waals surface area (Å²) >= 11 is 3.31. The van der Waals surface area contributed by atoms with Crippen molar-refractivity contribution in [3.05, 3.63) is 38.3 Å². The van der Waals surface area contributed by atoms with Crippen molar-refractivity contribution in [2.45, 2.75) is 26.7 Å². The minimum absolute atomic E-state index is 0.0161. The van der Waals surface area contributed by atoms with Crippen LogP contribution in [-0.4, -0.2) is 11.5 Å². The zero-order chi connectivity index (χ0) is 13.1. The van der Waals surface area contributed by atoms with Crippen LogP contribution in [0.25, 0.3) is 0 Å². The molecule has 4 nitrogen and oxygen atoms in total. The van der Waals surface area contributed by atoms with Gasteiger partial charge in [0.25, 0.3) is 5.69 Å². The smallest absolute Gasteiger partial charge is 0.283 e. The van der Waals surface area contributed by atoms with Gasteiger partial charge in [-0.15, -0.1) is 0 Å². The van der Waals surface area contributed by atoms with Gasteiger partial charge >= 0.3 is 0 Å². The SMILES string of the molecule is CCC(C)(CN)Cc1cccc([N+](=O)[O-])c1Br. The minimum atomic E-state index is -0.376. The van der Waals surface area contributed by atoms with Crippen LogP contribution in [0.3, 0.4) is 0 Å². The van der Waals surface area contributed by atoms with Crippen molar-refractivity contribution in [1.29, 1.82) is 0 Å². The molecule has 2 N–H and O–H groups in total. The summed E-state index contributed by atoms with van der Waals surface area (Å²) in [6, 6.07) is 5.12. The first kappa shape index (κ1) is 14.1. The van der Waals surface area contributed by atoms with Crippen LogP contribution in [-0.2, 0) is 6.42 Å². The highest BCUT2D eigenvalue weighted by molar-refractivity contribution is 9.10. The highest BCUT2D eigenvalue weighted by Crippen LogP contribution is 2.33. The van der Waals surface area contributed by atoms with Crippen molar-refractivity contribution < 1.29 is 4.92 Å². The number of halogens is 1. The molecule has 1 aromatic rings. The van der Waals surface area contributed by atoms with Gasteiger partial charge in [0.1, 0.15) is 0 Å². The maximum Gasteiger partial charge on any atom is 0.283 e. The van der Waals surface area contributed by atoms with E-state index in [-0.39, 0.29) is 16.0 Å². The second kappa shape index (κ2) is 5.60. The van der Waals surface area contributed by atoms with Gasteiger partial charge in [0.05, 0.1) is 9.40 Å². The van der Waals surface area contributed by atoms with Gasteiger partial charge in [-0.1, -0.05) is 26.0 Å². The van der Waals surface area contributed by atoms with Crippen LogP contribution in [0.1, 0.15) is 25.8 Å². The van der Waals surface area contributed by atoms with Crippen molar-refractivity contribution in [3.8, 4) is 0 Å². The predicted octanol–water partition coefficient (Wildman–Crippen LogP) is 3.27. The van der Waals surface area contributed by atoms with E-state index in [1.807, 2.05) is 6.07 Å². The number of nitrogens with two attached hydrogens (primary N) is 1. The van der Waals surface area contributed by atoms with Crippen LogP contribution < -0.4 is 5.73 Å². The lowest BCUT2D eigenvalue weighted by Gasteiger charge is -2.26. The van der Waals surface area contributed by atoms with E-state index in [2.05, 4.69) is 29.8 Å². The lowest BCUT2D eigenvalue weighted by atomic mass is 9.81. The molecule has 17 heavy (non-hydrogen) atoms. The monoisotopic (exact) mass is 300 g/mol. The van der Waals surface area contributed by atoms with Gasteiger partial charge in [0, 0.05) is 6.07 Å². The van der Waals surface area contributed by atoms with Crippen molar-refractivity contribution in [2.75, 3.05) is 6.54 Å². The lowest BCUT2D eigenvalue weighted by molar-refractivity contribution is -0.385. The molecule has 0 aliphatic rings. The second-order valence-electron chi connectivity index (χ2n) is 4.55. The average Bonchev–Trinajstić information content (AvgIpc) is 2.31. The van der Waals surface area contributed by atoms with E-state index < -0.39 is 0 Å². The van der Waals surface area contributed by atoms with E-state index in [0.29, 0.717) is 11.0 Å². The predicted molar refractivity (Wildman–Crippen MR) is 72.0 cm³/mol. The molecular weight excluding hydrogens is 284 g/mol. The van der Waals surface area contributed by atoms with E-state index in [1.165, 1.54) is 6.07 Å². The first-order valence-corrected chi connectivity index (χ1v) is 6.34. The standard InChI is InChI=1S/C12H17BrN2O2/c1-3-12(2,8-14)7-9-5-4-6-10(11(9)13)15(16)17/h4-6H,3,7-8,14H2,1-2H3. The Labute approximate surface area is 109 Å². The van der Waals surface area contributed by atoms with Crippen LogP contribution in [0.15, 0.2) is 22.7 Å². The van der Waals surface area contributed by atoms with Crippen molar-refractivity contribution in [1.82, 2.24) is 0 Å². The summed E-state index contributed by atoms with van der Waals surface area (Å²) in [5, 5.41) is 10.8. The number of rotatable bonds is 5. The van der Waals surface area contributed by atoms with Gasteiger partial charge in [-0.2, -0.15) is 0 Å². The van der Waals surface area contributed by atoms with Crippen LogP contribution in [0.4, 0.5) is 5.69 Å². The first-order chi connectivity index (χ1) is 7.93. The Morgan fingerprint density at radius 2 is 2.18 bits per heavy atom. The van der Waals surface area contributed by atoms with Crippen LogP contribution in [0.2, 0.25) is 0 Å². The van der Waals surface area contributed by atoms with E-state index in [0.717, 1.165) is 18.4 Å². The number of nitrogens with zero attached hydrogens (tertiary/aromatic N) is 1. The molecule has 0 heterocycles. The van der Waals surface area contributed by atoms with E-state index >= 15 is 0 Å². The van der Waals surface area contributed by atoms with Crippen LogP contribution in [0, 0.1) is 15.5 Å². The molecule has 0 aliphatic carbocycles. The Bertz CT molecular complexity index is 417. The molecule has 0 bridgehead atoms. The molecule has 0 saturated heterocycles. The zero-order valence-corrected chi connectivity index (χ0v) is 11.7. The Morgan fingerprint density at radius 3 is 2.65 bits per heavy atom. The molecule has 0 aromatic heterocycles. The van der Waals surface area contributed by atoms with Crippen molar-refractivity contribution in [3.63, 3.8) is 0 Å². The highest BCUT2D eigenvalue weighted by Gasteiger charge is 2.24. The Balaban J connectivity index is 3.08. The molecule has 1 atom stereocenters. The summed E-state index contributed by atoms with van der Waals surface area (Å²) in [4.78, 5) is 10.5. The van der Waals surface area contributed by atoms with Gasteiger partial charge in [0.2, 0.25) is 0 Å². The number of nitro benzene ring substituents is 1. The molecular formula is C12H17BrN2O2. The molecule has 0 fully saturated rings. The van der Waals surface area contributed by atoms with Gasteiger partial charge in [-0.3, -0.25) is 10.1 Å². The number of hydrogen-bond acceptors (Lipinski definition) is 3. The van der Waals surface area contributed by atoms with Gasteiger partial charge in [-0.25, -0.2) is 0 Å². The summed E-state index contributed by atoms with van der Waals surface area (Å²) in [7, 11) is 0. The summed E-state index contributed by atoms with van der Waals surface area (Å²) in [6.45, 7) is 4.75. The minimum Gasteiger partial charge on any atom is -0.330 e. The second-order valence-corrected chi connectivity index (χ2v) is 5.35. The van der Waals surface area contributed by atoms with E-state index in [4.69, 9.17) is 5.73 Å². The quantitative estimate of drug-likeness (QED) is 0.670. The maximum atomic E-state index is 10.8. The molecule has 0 aliphatic heterocycles. The molecule has 1 rings (SSSR count). The summed E-state index contributed by atoms with van der Waals surface area (Å²) < 4.78 is 0.568. The molecule has 0 amide bonds. The Kier molecular flexibility index (Phi) is 4.65. The summed E-state index contributed by atoms with van der Waals surface area (Å²) in [6.07, 6.45) is 1.68. The lowest BCUT2D eigenvalue weighted by Crippen LogP contribution is -2.28. The van der Waals surface area contributed by atoms with Crippen molar-refractivity contribution in [2.24, 2.45) is 11.1 Å². The fourth-order valence-corrected chi connectivity index (χ4v) is 2.19. The van der Waals surface area contributed by atoms with Crippen LogP contribution in [0.5, 0.6) is 0 Å². The van der Waals surface area contributed by atoms with Gasteiger partial charge in [0.15, 0.2) is 0 Å². The topological polar surface area (TPSA) is 69.2 Å². The molecule has 1 aromatic carbocycles. The third-order valence-corrected chi connectivity index (χ3v) is 4.13. The normalized spacial score (nSPS) is 14.4. The fraction of sp³-hybridized carbons (Fsp3) is 0.500. The number of nitro groups is 1. The molecule has 94 valence electrons. The molecule has 0 saturated carbocycles. The molecule has 0 radical (unpaired) electrons. The molecule has 1 unspecified atom stereocenters. The van der Waals surface area contributed by atoms with Crippen molar-refractivity contribution >= 4 is 21.6 Å². The zero-order valence-electron chi connectivity index (χ0n) is 10.1. The van der Waals surface area contributed by atoms with Gasteiger partial charge < -0.3 is 5.73 Å². The summed E-state index contributed by atoms with van der Waals surface area (Å²) in [5.74, 6) is 0. The average molecular weight is 301 g/mol. The Morgan fingerprint density at radius 1 is 1.53 bits per heavy atom. The third kappa shape index (κ3) is 3.26. The summed E-state index contributed by atoms with van der Waals surface area (Å²) in [5.41, 5.74) is 6.80. The third-order valence-electron chi connectivity index (χ3n) is 3.22. The Hall–Kier alpha value is -0.940. The van der Waals surface area contributed by atoms with Crippen LogP contribution >= 0.6 is 15.9 Å². The van der Waals surface area contributed by atoms with Gasteiger partial charge in [-0.05, 0) is 46.3 Å². The maximum absolute atomic E-state index is 10.8. The molecule has 5 heteroatoms. The number of benzene rings is 1.